The number of ether oxygens (including phenoxy) is 3. The van der Waals surface area contributed by atoms with E-state index in [1.54, 1.807) is 32.9 Å². The van der Waals surface area contributed by atoms with Crippen molar-refractivity contribution < 1.29 is 33.7 Å². The fourth-order valence-corrected chi connectivity index (χ4v) is 2.44. The van der Waals surface area contributed by atoms with Crippen molar-refractivity contribution in [2.24, 2.45) is 0 Å². The summed E-state index contributed by atoms with van der Waals surface area (Å²) in [5.41, 5.74) is -0.596. The average molecular weight is 439 g/mol. The minimum atomic E-state index is -1.10. The number of nitrogens with one attached hydrogen (secondary N) is 2. The van der Waals surface area contributed by atoms with E-state index in [2.05, 4.69) is 10.6 Å². The minimum absolute atomic E-state index is 0.0864. The normalized spacial score (nSPS) is 13.6. The van der Waals surface area contributed by atoms with Crippen LogP contribution < -0.4 is 10.6 Å². The first kappa shape index (κ1) is 26.2. The van der Waals surface area contributed by atoms with Gasteiger partial charge in [0.1, 0.15) is 23.4 Å². The van der Waals surface area contributed by atoms with Crippen LogP contribution in [-0.2, 0) is 30.2 Å². The third-order valence-electron chi connectivity index (χ3n) is 3.87. The largest absolute Gasteiger partial charge is 0.508 e. The molecular weight excluding hydrogens is 404 g/mol. The molecule has 1 rings (SSSR count). The third-order valence-corrected chi connectivity index (χ3v) is 3.87. The zero-order chi connectivity index (χ0) is 23.8. The van der Waals surface area contributed by atoms with Crippen LogP contribution in [0.5, 0.6) is 5.75 Å². The van der Waals surface area contributed by atoms with Gasteiger partial charge in [-0.3, -0.25) is 4.79 Å². The highest BCUT2D eigenvalue weighted by Gasteiger charge is 2.30. The molecule has 31 heavy (non-hydrogen) atoms. The number of carbonyl (C=O) groups is 3. The molecule has 9 heteroatoms. The van der Waals surface area contributed by atoms with Crippen molar-refractivity contribution in [3.63, 3.8) is 0 Å². The van der Waals surface area contributed by atoms with Crippen molar-refractivity contribution in [2.45, 2.75) is 71.2 Å². The maximum atomic E-state index is 12.9. The molecular formula is C22H34N2O7. The summed E-state index contributed by atoms with van der Waals surface area (Å²) >= 11 is 0. The van der Waals surface area contributed by atoms with E-state index < -0.39 is 41.3 Å². The molecule has 174 valence electrons. The van der Waals surface area contributed by atoms with Gasteiger partial charge in [0.15, 0.2) is 0 Å². The molecule has 2 atom stereocenters. The molecule has 0 aliphatic rings. The zero-order valence-electron chi connectivity index (χ0n) is 19.3. The summed E-state index contributed by atoms with van der Waals surface area (Å²) < 4.78 is 15.7. The molecule has 0 bridgehead atoms. The number of hydrogen-bond acceptors (Lipinski definition) is 7. The Hall–Kier alpha value is -2.81. The van der Waals surface area contributed by atoms with E-state index in [4.69, 9.17) is 14.2 Å². The zero-order valence-corrected chi connectivity index (χ0v) is 19.3. The van der Waals surface area contributed by atoms with Gasteiger partial charge in [-0.1, -0.05) is 12.1 Å². The number of phenolic OH excluding ortho intramolecular Hbond substituents is 1. The van der Waals surface area contributed by atoms with Crippen LogP contribution in [0.4, 0.5) is 4.79 Å². The lowest BCUT2D eigenvalue weighted by atomic mass is 10.1. The molecule has 0 saturated carbocycles. The predicted molar refractivity (Wildman–Crippen MR) is 115 cm³/mol. The Bertz CT molecular complexity index is 749. The molecule has 0 radical (unpaired) electrons. The summed E-state index contributed by atoms with van der Waals surface area (Å²) in [6.45, 7) is 10.4. The molecule has 1 aromatic rings. The standard InChI is InChI=1S/C22H34N2O7/c1-21(2,3)30-13-17(24-20(28)31-22(4,5)6)18(26)23-16(19(27)29-7)12-14-8-10-15(25)11-9-14/h8-11,16-17,25H,12-13H2,1-7H3,(H,23,26)(H,24,28)/t16-,17-/m0/s1. The topological polar surface area (TPSA) is 123 Å². The van der Waals surface area contributed by atoms with Gasteiger partial charge in [0.05, 0.1) is 19.3 Å². The van der Waals surface area contributed by atoms with E-state index in [1.807, 2.05) is 20.8 Å². The highest BCUT2D eigenvalue weighted by molar-refractivity contribution is 5.90. The molecule has 0 saturated heterocycles. The van der Waals surface area contributed by atoms with Crippen LogP contribution in [0.25, 0.3) is 0 Å². The second kappa shape index (κ2) is 11.0. The number of carbonyl (C=O) groups excluding carboxylic acids is 3. The van der Waals surface area contributed by atoms with Crippen LogP contribution in [0.15, 0.2) is 24.3 Å². The van der Waals surface area contributed by atoms with Gasteiger partial charge in [-0.25, -0.2) is 9.59 Å². The first-order chi connectivity index (χ1) is 14.2. The monoisotopic (exact) mass is 438 g/mol. The molecule has 3 N–H and O–H groups in total. The number of hydrogen-bond donors (Lipinski definition) is 3. The van der Waals surface area contributed by atoms with Gasteiger partial charge < -0.3 is 30.0 Å². The maximum absolute atomic E-state index is 12.9. The molecule has 1 aromatic carbocycles. The van der Waals surface area contributed by atoms with Gasteiger partial charge in [0, 0.05) is 6.42 Å². The number of rotatable bonds is 8. The first-order valence-electron chi connectivity index (χ1n) is 10.00. The molecule has 0 spiro atoms. The molecule has 0 aliphatic carbocycles. The molecule has 0 heterocycles. The fraction of sp³-hybridized carbons (Fsp3) is 0.591. The van der Waals surface area contributed by atoms with Crippen LogP contribution in [0.1, 0.15) is 47.1 Å². The molecule has 0 unspecified atom stereocenters. The van der Waals surface area contributed by atoms with Crippen LogP contribution in [0.3, 0.4) is 0 Å². The summed E-state index contributed by atoms with van der Waals surface area (Å²) in [6.07, 6.45) is -0.642. The van der Waals surface area contributed by atoms with Gasteiger partial charge in [0.25, 0.3) is 0 Å². The predicted octanol–water partition coefficient (Wildman–Crippen LogP) is 2.30. The van der Waals surface area contributed by atoms with E-state index in [-0.39, 0.29) is 18.8 Å². The van der Waals surface area contributed by atoms with Crippen LogP contribution in [0.2, 0.25) is 0 Å². The lowest BCUT2D eigenvalue weighted by Gasteiger charge is -2.27. The number of benzene rings is 1. The lowest BCUT2D eigenvalue weighted by molar-refractivity contribution is -0.145. The van der Waals surface area contributed by atoms with E-state index in [9.17, 15) is 19.5 Å². The Balaban J connectivity index is 2.97. The molecule has 2 amide bonds. The Morgan fingerprint density at radius 3 is 2.00 bits per heavy atom. The third kappa shape index (κ3) is 10.7. The smallest absolute Gasteiger partial charge is 0.408 e. The first-order valence-corrected chi connectivity index (χ1v) is 10.00. The van der Waals surface area contributed by atoms with Gasteiger partial charge in [-0.15, -0.1) is 0 Å². The molecule has 0 aliphatic heterocycles. The van der Waals surface area contributed by atoms with Crippen LogP contribution >= 0.6 is 0 Å². The van der Waals surface area contributed by atoms with E-state index in [1.165, 1.54) is 19.2 Å². The fourth-order valence-electron chi connectivity index (χ4n) is 2.44. The van der Waals surface area contributed by atoms with Crippen LogP contribution in [-0.4, -0.2) is 60.1 Å². The Morgan fingerprint density at radius 2 is 1.52 bits per heavy atom. The number of amides is 2. The van der Waals surface area contributed by atoms with Gasteiger partial charge in [-0.2, -0.15) is 0 Å². The van der Waals surface area contributed by atoms with Crippen molar-refractivity contribution >= 4 is 18.0 Å². The average Bonchev–Trinajstić information content (AvgIpc) is 2.63. The number of alkyl carbamates (subject to hydrolysis) is 1. The summed E-state index contributed by atoms with van der Waals surface area (Å²) in [7, 11) is 1.22. The Labute approximate surface area is 183 Å². The summed E-state index contributed by atoms with van der Waals surface area (Å²) in [5, 5.41) is 14.5. The van der Waals surface area contributed by atoms with Crippen molar-refractivity contribution in [1.29, 1.82) is 0 Å². The molecule has 0 fully saturated rings. The Morgan fingerprint density at radius 1 is 0.935 bits per heavy atom. The number of phenols is 1. The Kier molecular flexibility index (Phi) is 9.30. The van der Waals surface area contributed by atoms with E-state index >= 15 is 0 Å². The molecule has 9 nitrogen and oxygen atoms in total. The summed E-state index contributed by atoms with van der Waals surface area (Å²) in [6, 6.07) is 4.14. The number of aromatic hydroxyl groups is 1. The summed E-state index contributed by atoms with van der Waals surface area (Å²) in [4.78, 5) is 37.4. The second-order valence-electron chi connectivity index (χ2n) is 9.08. The quantitative estimate of drug-likeness (QED) is 0.532. The van der Waals surface area contributed by atoms with Crippen molar-refractivity contribution in [2.75, 3.05) is 13.7 Å². The van der Waals surface area contributed by atoms with Gasteiger partial charge >= 0.3 is 12.1 Å². The minimum Gasteiger partial charge on any atom is -0.508 e. The van der Waals surface area contributed by atoms with Crippen molar-refractivity contribution in [3.05, 3.63) is 29.8 Å². The number of methoxy groups -OCH3 is 1. The highest BCUT2D eigenvalue weighted by Crippen LogP contribution is 2.13. The SMILES string of the molecule is COC(=O)[C@H](Cc1ccc(O)cc1)NC(=O)[C@H](COC(C)(C)C)NC(=O)OC(C)(C)C. The van der Waals surface area contributed by atoms with Gasteiger partial charge in [-0.05, 0) is 59.2 Å². The van der Waals surface area contributed by atoms with E-state index in [0.717, 1.165) is 0 Å². The maximum Gasteiger partial charge on any atom is 0.408 e. The summed E-state index contributed by atoms with van der Waals surface area (Å²) in [5.74, 6) is -1.18. The number of esters is 1. The van der Waals surface area contributed by atoms with E-state index in [0.29, 0.717) is 5.56 Å². The van der Waals surface area contributed by atoms with Crippen LogP contribution in [0, 0.1) is 0 Å². The second-order valence-corrected chi connectivity index (χ2v) is 9.08. The van der Waals surface area contributed by atoms with Gasteiger partial charge in [0.2, 0.25) is 5.91 Å². The lowest BCUT2D eigenvalue weighted by Crippen LogP contribution is -2.55. The van der Waals surface area contributed by atoms with Crippen molar-refractivity contribution in [3.8, 4) is 5.75 Å². The highest BCUT2D eigenvalue weighted by atomic mass is 16.6. The van der Waals surface area contributed by atoms with Crippen molar-refractivity contribution in [1.82, 2.24) is 10.6 Å². The molecule has 0 aromatic heterocycles.